The number of phenolic OH excluding ortho intramolecular Hbond substituents is 1. The van der Waals surface area contributed by atoms with E-state index in [4.69, 9.17) is 0 Å². The molecule has 18 heavy (non-hydrogen) atoms. The zero-order valence-corrected chi connectivity index (χ0v) is 11.0. The van der Waals surface area contributed by atoms with Gasteiger partial charge in [-0.2, -0.15) is 0 Å². The molecule has 1 heterocycles. The lowest BCUT2D eigenvalue weighted by atomic mass is 10.0. The van der Waals surface area contributed by atoms with E-state index in [9.17, 15) is 9.90 Å². The molecule has 1 atom stereocenters. The Labute approximate surface area is 108 Å². The Morgan fingerprint density at radius 2 is 2.06 bits per heavy atom. The average Bonchev–Trinajstić information content (AvgIpc) is 2.38. The molecule has 1 aromatic carbocycles. The second-order valence-electron chi connectivity index (χ2n) is 5.05. The normalized spacial score (nSPS) is 19.7. The van der Waals surface area contributed by atoms with Gasteiger partial charge in [0.2, 0.25) is 0 Å². The smallest absolute Gasteiger partial charge is 0.324 e. The van der Waals surface area contributed by atoms with E-state index < -0.39 is 0 Å². The highest BCUT2D eigenvalue weighted by Gasteiger charge is 2.24. The van der Waals surface area contributed by atoms with Crippen LogP contribution in [0, 0.1) is 5.92 Å². The van der Waals surface area contributed by atoms with Crippen LogP contribution in [0.2, 0.25) is 0 Å². The molecule has 2 rings (SSSR count). The molecule has 1 N–H and O–H groups in total. The number of amides is 2. The quantitative estimate of drug-likeness (QED) is 0.830. The molecule has 1 aliphatic rings. The minimum atomic E-state index is 0.0345. The van der Waals surface area contributed by atoms with E-state index in [0.29, 0.717) is 5.92 Å². The van der Waals surface area contributed by atoms with Gasteiger partial charge in [0.1, 0.15) is 5.75 Å². The predicted molar refractivity (Wildman–Crippen MR) is 71.9 cm³/mol. The van der Waals surface area contributed by atoms with Gasteiger partial charge in [0.25, 0.3) is 0 Å². The Balaban J connectivity index is 2.06. The van der Waals surface area contributed by atoms with Crippen molar-refractivity contribution in [2.24, 2.45) is 5.92 Å². The van der Waals surface area contributed by atoms with E-state index in [1.54, 1.807) is 36.2 Å². The van der Waals surface area contributed by atoms with Crippen molar-refractivity contribution in [3.05, 3.63) is 24.3 Å². The molecule has 98 valence electrons. The van der Waals surface area contributed by atoms with E-state index in [0.717, 1.165) is 25.2 Å². The molecule has 0 aliphatic carbocycles. The molecular formula is C14H20N2O2. The number of hydrogen-bond donors (Lipinski definition) is 1. The zero-order chi connectivity index (χ0) is 13.1. The van der Waals surface area contributed by atoms with Crippen molar-refractivity contribution in [2.45, 2.75) is 19.8 Å². The number of carbonyl (C=O) groups excluding carboxylic acids is 1. The molecule has 4 nitrogen and oxygen atoms in total. The van der Waals surface area contributed by atoms with Crippen molar-refractivity contribution in [1.29, 1.82) is 0 Å². The van der Waals surface area contributed by atoms with Crippen molar-refractivity contribution < 1.29 is 9.90 Å². The van der Waals surface area contributed by atoms with Gasteiger partial charge in [-0.1, -0.05) is 6.92 Å². The lowest BCUT2D eigenvalue weighted by Crippen LogP contribution is -2.45. The number of piperidine rings is 1. The molecule has 0 aromatic heterocycles. The van der Waals surface area contributed by atoms with Crippen LogP contribution in [0.25, 0.3) is 0 Å². The van der Waals surface area contributed by atoms with E-state index in [1.807, 2.05) is 4.90 Å². The Bertz CT molecular complexity index is 416. The molecule has 0 spiro atoms. The summed E-state index contributed by atoms with van der Waals surface area (Å²) in [6.45, 7) is 3.85. The summed E-state index contributed by atoms with van der Waals surface area (Å²) in [6.07, 6.45) is 2.28. The summed E-state index contributed by atoms with van der Waals surface area (Å²) in [4.78, 5) is 15.9. The first-order chi connectivity index (χ1) is 8.58. The van der Waals surface area contributed by atoms with Crippen LogP contribution in [0.4, 0.5) is 10.5 Å². The highest BCUT2D eigenvalue weighted by molar-refractivity contribution is 5.91. The number of anilines is 1. The lowest BCUT2D eigenvalue weighted by molar-refractivity contribution is 0.177. The monoisotopic (exact) mass is 248 g/mol. The number of phenols is 1. The number of likely N-dealkylation sites (tertiary alicyclic amines) is 1. The van der Waals surface area contributed by atoms with E-state index in [1.165, 1.54) is 6.42 Å². The highest BCUT2D eigenvalue weighted by Crippen LogP contribution is 2.21. The van der Waals surface area contributed by atoms with Crippen LogP contribution in [0.1, 0.15) is 19.8 Å². The maximum atomic E-state index is 12.3. The van der Waals surface area contributed by atoms with E-state index in [-0.39, 0.29) is 11.8 Å². The van der Waals surface area contributed by atoms with Crippen molar-refractivity contribution in [1.82, 2.24) is 4.90 Å². The Morgan fingerprint density at radius 3 is 2.67 bits per heavy atom. The first-order valence-electron chi connectivity index (χ1n) is 6.39. The second kappa shape index (κ2) is 5.29. The fourth-order valence-corrected chi connectivity index (χ4v) is 2.36. The standard InChI is InChI=1S/C14H20N2O2/c1-11-4-3-9-16(10-11)14(18)15(2)12-5-7-13(17)8-6-12/h5-8,11,17H,3-4,9-10H2,1-2H3. The predicted octanol–water partition coefficient (Wildman–Crippen LogP) is 2.68. The number of urea groups is 1. The first kappa shape index (κ1) is 12.7. The third-order valence-corrected chi connectivity index (χ3v) is 3.45. The van der Waals surface area contributed by atoms with Gasteiger partial charge in [-0.25, -0.2) is 4.79 Å². The van der Waals surface area contributed by atoms with Crippen LogP contribution in [-0.2, 0) is 0 Å². The molecule has 1 aliphatic heterocycles. The molecule has 0 saturated carbocycles. The molecule has 2 amide bonds. The van der Waals surface area contributed by atoms with Gasteiger partial charge in [-0.15, -0.1) is 0 Å². The van der Waals surface area contributed by atoms with Gasteiger partial charge in [0.05, 0.1) is 0 Å². The van der Waals surface area contributed by atoms with Crippen LogP contribution in [0.15, 0.2) is 24.3 Å². The molecule has 1 saturated heterocycles. The van der Waals surface area contributed by atoms with E-state index in [2.05, 4.69) is 6.92 Å². The van der Waals surface area contributed by atoms with Gasteiger partial charge < -0.3 is 10.0 Å². The maximum absolute atomic E-state index is 12.3. The van der Waals surface area contributed by atoms with Crippen LogP contribution < -0.4 is 4.90 Å². The zero-order valence-electron chi connectivity index (χ0n) is 11.0. The molecule has 0 radical (unpaired) electrons. The Kier molecular flexibility index (Phi) is 3.75. The van der Waals surface area contributed by atoms with Crippen molar-refractivity contribution in [3.8, 4) is 5.75 Å². The summed E-state index contributed by atoms with van der Waals surface area (Å²) in [5.41, 5.74) is 0.802. The summed E-state index contributed by atoms with van der Waals surface area (Å²) < 4.78 is 0. The highest BCUT2D eigenvalue weighted by atomic mass is 16.3. The van der Waals surface area contributed by atoms with Crippen molar-refractivity contribution in [3.63, 3.8) is 0 Å². The minimum Gasteiger partial charge on any atom is -0.508 e. The van der Waals surface area contributed by atoms with Crippen molar-refractivity contribution >= 4 is 11.7 Å². The van der Waals surface area contributed by atoms with Crippen LogP contribution in [-0.4, -0.2) is 36.2 Å². The fraction of sp³-hybridized carbons (Fsp3) is 0.500. The molecule has 1 unspecified atom stereocenters. The molecule has 0 bridgehead atoms. The average molecular weight is 248 g/mol. The van der Waals surface area contributed by atoms with Crippen LogP contribution in [0.5, 0.6) is 5.75 Å². The summed E-state index contributed by atoms with van der Waals surface area (Å²) in [5, 5.41) is 9.25. The number of carbonyl (C=O) groups is 1. The number of nitrogens with zero attached hydrogens (tertiary/aromatic N) is 2. The molecule has 4 heteroatoms. The first-order valence-corrected chi connectivity index (χ1v) is 6.39. The molecular weight excluding hydrogens is 228 g/mol. The van der Waals surface area contributed by atoms with Crippen molar-refractivity contribution in [2.75, 3.05) is 25.0 Å². The summed E-state index contributed by atoms with van der Waals surface area (Å²) >= 11 is 0. The third-order valence-electron chi connectivity index (χ3n) is 3.45. The topological polar surface area (TPSA) is 43.8 Å². The van der Waals surface area contributed by atoms with Gasteiger partial charge in [-0.05, 0) is 43.0 Å². The number of benzene rings is 1. The summed E-state index contributed by atoms with van der Waals surface area (Å²) in [7, 11) is 1.77. The van der Waals surface area contributed by atoms with Gasteiger partial charge >= 0.3 is 6.03 Å². The maximum Gasteiger partial charge on any atom is 0.324 e. The third kappa shape index (κ3) is 2.75. The van der Waals surface area contributed by atoms with E-state index >= 15 is 0 Å². The number of hydrogen-bond acceptors (Lipinski definition) is 2. The van der Waals surface area contributed by atoms with Gasteiger partial charge in [-0.3, -0.25) is 4.90 Å². The largest absolute Gasteiger partial charge is 0.508 e. The van der Waals surface area contributed by atoms with Gasteiger partial charge in [0.15, 0.2) is 0 Å². The lowest BCUT2D eigenvalue weighted by Gasteiger charge is -2.34. The summed E-state index contributed by atoms with van der Waals surface area (Å²) in [6, 6.07) is 6.73. The minimum absolute atomic E-state index is 0.0345. The summed E-state index contributed by atoms with van der Waals surface area (Å²) in [5.74, 6) is 0.794. The molecule has 1 aromatic rings. The molecule has 1 fully saturated rings. The number of rotatable bonds is 1. The Morgan fingerprint density at radius 1 is 1.39 bits per heavy atom. The van der Waals surface area contributed by atoms with Gasteiger partial charge in [0, 0.05) is 25.8 Å². The fourth-order valence-electron chi connectivity index (χ4n) is 2.36. The van der Waals surface area contributed by atoms with Crippen LogP contribution in [0.3, 0.4) is 0 Å². The Hall–Kier alpha value is -1.71. The second-order valence-corrected chi connectivity index (χ2v) is 5.05. The SMILES string of the molecule is CC1CCCN(C(=O)N(C)c2ccc(O)cc2)C1. The van der Waals surface area contributed by atoms with Crippen LogP contribution >= 0.6 is 0 Å². The number of aromatic hydroxyl groups is 1.